The Kier molecular flexibility index (Phi) is 3.79. The Labute approximate surface area is 139 Å². The molecular formula is C15H13F3N4O3. The third-order valence-corrected chi connectivity index (χ3v) is 4.02. The summed E-state index contributed by atoms with van der Waals surface area (Å²) in [7, 11) is 0. The second-order valence-corrected chi connectivity index (χ2v) is 5.80. The highest BCUT2D eigenvalue weighted by Gasteiger charge is 2.49. The molecule has 4 N–H and O–H groups in total. The first-order chi connectivity index (χ1) is 11.6. The molecule has 0 radical (unpaired) electrons. The molecule has 0 aliphatic carbocycles. The van der Waals surface area contributed by atoms with Gasteiger partial charge in [0.15, 0.2) is 0 Å². The molecular weight excluding hydrogens is 341 g/mol. The van der Waals surface area contributed by atoms with Crippen molar-refractivity contribution in [3.63, 3.8) is 0 Å². The van der Waals surface area contributed by atoms with Gasteiger partial charge in [0.05, 0.1) is 17.0 Å². The van der Waals surface area contributed by atoms with Crippen LogP contribution in [0.2, 0.25) is 0 Å². The minimum Gasteiger partial charge on any atom is -0.384 e. The number of imide groups is 1. The molecule has 0 spiro atoms. The number of aliphatic hydroxyl groups is 1. The molecule has 1 aliphatic heterocycles. The summed E-state index contributed by atoms with van der Waals surface area (Å²) in [6, 6.07) is 5.02. The molecule has 2 heterocycles. The number of halogens is 3. The third kappa shape index (κ3) is 2.95. The average molecular weight is 354 g/mol. The van der Waals surface area contributed by atoms with Gasteiger partial charge in [-0.05, 0) is 25.1 Å². The molecule has 0 saturated carbocycles. The van der Waals surface area contributed by atoms with Gasteiger partial charge in [-0.2, -0.15) is 18.3 Å². The fraction of sp³-hybridized carbons (Fsp3) is 0.267. The number of nitrogens with zero attached hydrogens (tertiary/aromatic N) is 1. The van der Waals surface area contributed by atoms with Gasteiger partial charge in [0, 0.05) is 5.56 Å². The van der Waals surface area contributed by atoms with Gasteiger partial charge >= 0.3 is 12.2 Å². The lowest BCUT2D eigenvalue weighted by Gasteiger charge is -2.25. The van der Waals surface area contributed by atoms with Gasteiger partial charge in [-0.3, -0.25) is 15.2 Å². The van der Waals surface area contributed by atoms with Crippen LogP contribution in [-0.4, -0.2) is 32.8 Å². The van der Waals surface area contributed by atoms with Gasteiger partial charge < -0.3 is 10.4 Å². The largest absolute Gasteiger partial charge is 0.416 e. The number of hydrogen-bond donors (Lipinski definition) is 4. The number of H-pyrrole nitrogens is 1. The predicted molar refractivity (Wildman–Crippen MR) is 79.1 cm³/mol. The van der Waals surface area contributed by atoms with Crippen LogP contribution in [0.4, 0.5) is 18.0 Å². The maximum atomic E-state index is 12.6. The van der Waals surface area contributed by atoms with Crippen LogP contribution in [0.5, 0.6) is 0 Å². The molecule has 2 unspecified atom stereocenters. The van der Waals surface area contributed by atoms with E-state index >= 15 is 0 Å². The van der Waals surface area contributed by atoms with E-state index < -0.39 is 35.3 Å². The van der Waals surface area contributed by atoms with Crippen LogP contribution in [0.1, 0.15) is 24.3 Å². The van der Waals surface area contributed by atoms with E-state index in [-0.39, 0.29) is 11.4 Å². The van der Waals surface area contributed by atoms with Crippen molar-refractivity contribution in [3.8, 4) is 11.3 Å². The molecule has 1 aromatic carbocycles. The van der Waals surface area contributed by atoms with Crippen LogP contribution in [0, 0.1) is 0 Å². The van der Waals surface area contributed by atoms with Crippen LogP contribution in [-0.2, 0) is 11.0 Å². The van der Waals surface area contributed by atoms with E-state index in [0.29, 0.717) is 5.56 Å². The number of rotatable bonds is 3. The number of urea groups is 1. The molecule has 2 aromatic rings. The van der Waals surface area contributed by atoms with Gasteiger partial charge in [-0.25, -0.2) is 4.79 Å². The summed E-state index contributed by atoms with van der Waals surface area (Å²) in [6.07, 6.45) is -5.86. The van der Waals surface area contributed by atoms with E-state index in [4.69, 9.17) is 0 Å². The van der Waals surface area contributed by atoms with Gasteiger partial charge in [0.1, 0.15) is 11.6 Å². The molecule has 10 heteroatoms. The summed E-state index contributed by atoms with van der Waals surface area (Å²) >= 11 is 0. The number of carbonyl (C=O) groups is 2. The monoisotopic (exact) mass is 354 g/mol. The molecule has 25 heavy (non-hydrogen) atoms. The summed E-state index contributed by atoms with van der Waals surface area (Å²) in [5.74, 6) is -0.698. The van der Waals surface area contributed by atoms with Crippen molar-refractivity contribution in [2.24, 2.45) is 0 Å². The first kappa shape index (κ1) is 17.0. The molecule has 1 aromatic heterocycles. The minimum atomic E-state index is -4.44. The zero-order chi connectivity index (χ0) is 18.4. The Morgan fingerprint density at radius 1 is 1.20 bits per heavy atom. The molecule has 3 amide bonds. The third-order valence-electron chi connectivity index (χ3n) is 4.02. The highest BCUT2D eigenvalue weighted by atomic mass is 19.4. The minimum absolute atomic E-state index is 0.134. The van der Waals surface area contributed by atoms with Crippen LogP contribution in [0.3, 0.4) is 0 Å². The van der Waals surface area contributed by atoms with Gasteiger partial charge in [0.25, 0.3) is 5.91 Å². The zero-order valence-corrected chi connectivity index (χ0v) is 12.8. The number of aromatic nitrogens is 2. The summed E-state index contributed by atoms with van der Waals surface area (Å²) in [5, 5.41) is 21.2. The molecule has 0 bridgehead atoms. The first-order valence-corrected chi connectivity index (χ1v) is 7.16. The number of amides is 3. The van der Waals surface area contributed by atoms with Crippen molar-refractivity contribution in [3.05, 3.63) is 41.6 Å². The second-order valence-electron chi connectivity index (χ2n) is 5.80. The number of nitrogens with one attached hydrogen (secondary N) is 3. The van der Waals surface area contributed by atoms with E-state index in [0.717, 1.165) is 12.1 Å². The highest BCUT2D eigenvalue weighted by molar-refractivity contribution is 6.07. The molecule has 132 valence electrons. The summed E-state index contributed by atoms with van der Waals surface area (Å²) in [5.41, 5.74) is -1.55. The van der Waals surface area contributed by atoms with Crippen molar-refractivity contribution in [1.29, 1.82) is 0 Å². The molecule has 1 aliphatic rings. The van der Waals surface area contributed by atoms with Gasteiger partial charge in [0.2, 0.25) is 0 Å². The smallest absolute Gasteiger partial charge is 0.384 e. The standard InChI is InChI=1S/C15H13F3N4O3/c1-14(12(24)19-13(25)20-14)11(23)10-6-9(21-22-10)7-2-4-8(5-3-7)15(16,17)18/h2-6,11,23H,1H3,(H,21,22)(H2,19,20,24,25). The van der Waals surface area contributed by atoms with E-state index in [1.165, 1.54) is 25.1 Å². The second kappa shape index (κ2) is 5.59. The number of carbonyl (C=O) groups excluding carboxylic acids is 2. The number of benzene rings is 1. The van der Waals surface area contributed by atoms with E-state index in [9.17, 15) is 27.9 Å². The number of aliphatic hydroxyl groups excluding tert-OH is 1. The van der Waals surface area contributed by atoms with Crippen molar-refractivity contribution < 1.29 is 27.9 Å². The summed E-state index contributed by atoms with van der Waals surface area (Å²) in [6.45, 7) is 1.34. The van der Waals surface area contributed by atoms with E-state index in [1.807, 2.05) is 5.32 Å². The maximum absolute atomic E-state index is 12.6. The Morgan fingerprint density at radius 3 is 2.36 bits per heavy atom. The van der Waals surface area contributed by atoms with Gasteiger partial charge in [-0.1, -0.05) is 12.1 Å². The Hall–Kier alpha value is -2.88. The summed E-state index contributed by atoms with van der Waals surface area (Å²) < 4.78 is 37.8. The van der Waals surface area contributed by atoms with E-state index in [2.05, 4.69) is 15.5 Å². The highest BCUT2D eigenvalue weighted by Crippen LogP contribution is 2.32. The molecule has 7 nitrogen and oxygen atoms in total. The van der Waals surface area contributed by atoms with Crippen molar-refractivity contribution in [1.82, 2.24) is 20.8 Å². The van der Waals surface area contributed by atoms with Gasteiger partial charge in [-0.15, -0.1) is 0 Å². The quantitative estimate of drug-likeness (QED) is 0.630. The predicted octanol–water partition coefficient (Wildman–Crippen LogP) is 1.73. The lowest BCUT2D eigenvalue weighted by Crippen LogP contribution is -2.49. The lowest BCUT2D eigenvalue weighted by atomic mass is 9.92. The topological polar surface area (TPSA) is 107 Å². The van der Waals surface area contributed by atoms with Crippen molar-refractivity contribution >= 4 is 11.9 Å². The average Bonchev–Trinajstić information content (AvgIpc) is 3.12. The maximum Gasteiger partial charge on any atom is 0.416 e. The summed E-state index contributed by atoms with van der Waals surface area (Å²) in [4.78, 5) is 23.1. The van der Waals surface area contributed by atoms with E-state index in [1.54, 1.807) is 0 Å². The molecule has 1 fully saturated rings. The molecule has 1 saturated heterocycles. The van der Waals surface area contributed by atoms with Crippen LogP contribution in [0.25, 0.3) is 11.3 Å². The first-order valence-electron chi connectivity index (χ1n) is 7.16. The Bertz CT molecular complexity index is 831. The number of aromatic amines is 1. The van der Waals surface area contributed by atoms with Crippen LogP contribution in [0.15, 0.2) is 30.3 Å². The zero-order valence-electron chi connectivity index (χ0n) is 12.8. The van der Waals surface area contributed by atoms with Crippen LogP contribution < -0.4 is 10.6 Å². The SMILES string of the molecule is CC1(C(O)c2cc(-c3ccc(C(F)(F)F)cc3)n[nH]2)NC(=O)NC1=O. The normalized spacial score (nSPS) is 21.8. The molecule has 2 atom stereocenters. The molecule has 3 rings (SSSR count). The van der Waals surface area contributed by atoms with Crippen molar-refractivity contribution in [2.75, 3.05) is 0 Å². The lowest BCUT2D eigenvalue weighted by molar-refractivity contribution is -0.137. The Balaban J connectivity index is 1.85. The van der Waals surface area contributed by atoms with Crippen molar-refractivity contribution in [2.45, 2.75) is 24.7 Å². The number of alkyl halides is 3. The number of hydrogen-bond acceptors (Lipinski definition) is 4. The fourth-order valence-corrected chi connectivity index (χ4v) is 2.51. The fourth-order valence-electron chi connectivity index (χ4n) is 2.51. The van der Waals surface area contributed by atoms with Crippen LogP contribution >= 0.6 is 0 Å². The Morgan fingerprint density at radius 2 is 1.84 bits per heavy atom.